The van der Waals surface area contributed by atoms with Gasteiger partial charge in [-0.3, -0.25) is 19.2 Å². The summed E-state index contributed by atoms with van der Waals surface area (Å²) >= 11 is 0. The number of carboxylic acid groups (broad SMARTS) is 2. The van der Waals surface area contributed by atoms with Gasteiger partial charge in [-0.25, -0.2) is 4.79 Å². The summed E-state index contributed by atoms with van der Waals surface area (Å²) in [6, 6.07) is -4.87. The molecule has 0 aromatic carbocycles. The molecule has 12 heteroatoms. The van der Waals surface area contributed by atoms with Crippen LogP contribution in [0, 0.1) is 0 Å². The van der Waals surface area contributed by atoms with E-state index in [1.165, 1.54) is 20.8 Å². The molecule has 27 heavy (non-hydrogen) atoms. The summed E-state index contributed by atoms with van der Waals surface area (Å²) in [5.74, 6) is -4.85. The minimum Gasteiger partial charge on any atom is -0.481 e. The number of rotatable bonds is 11. The number of aliphatic carboxylic acids is 2. The Balaban J connectivity index is 4.60. The first kappa shape index (κ1) is 24.3. The number of nitrogens with one attached hydrogen (secondary N) is 3. The van der Waals surface area contributed by atoms with E-state index in [0.29, 0.717) is 0 Å². The molecule has 0 radical (unpaired) electrons. The normalized spacial score (nSPS) is 16.2. The maximum absolute atomic E-state index is 12.0. The molecule has 0 heterocycles. The van der Waals surface area contributed by atoms with Crippen LogP contribution in [-0.2, 0) is 24.0 Å². The molecule has 0 aliphatic carbocycles. The molecule has 0 fully saturated rings. The van der Waals surface area contributed by atoms with Gasteiger partial charge in [0, 0.05) is 6.42 Å². The maximum atomic E-state index is 12.0. The van der Waals surface area contributed by atoms with E-state index < -0.39 is 59.9 Å². The highest BCUT2D eigenvalue weighted by atomic mass is 16.4. The average Bonchev–Trinajstić information content (AvgIpc) is 2.55. The predicted molar refractivity (Wildman–Crippen MR) is 91.3 cm³/mol. The summed E-state index contributed by atoms with van der Waals surface area (Å²) in [5, 5.41) is 33.5. The van der Waals surface area contributed by atoms with Gasteiger partial charge in [-0.05, 0) is 27.2 Å². The molecule has 12 nitrogen and oxygen atoms in total. The van der Waals surface area contributed by atoms with E-state index in [0.717, 1.165) is 0 Å². The molecule has 0 aliphatic rings. The monoisotopic (exact) mass is 390 g/mol. The molecule has 0 saturated heterocycles. The van der Waals surface area contributed by atoms with Crippen molar-refractivity contribution in [2.75, 3.05) is 0 Å². The average molecular weight is 390 g/mol. The molecule has 0 aromatic heterocycles. The van der Waals surface area contributed by atoms with Crippen LogP contribution in [-0.4, -0.2) is 75.3 Å². The summed E-state index contributed by atoms with van der Waals surface area (Å²) < 4.78 is 0. The highest BCUT2D eigenvalue weighted by molar-refractivity contribution is 5.93. The summed E-state index contributed by atoms with van der Waals surface area (Å²) in [5.41, 5.74) is 5.52. The first-order valence-electron chi connectivity index (χ1n) is 8.16. The zero-order valence-electron chi connectivity index (χ0n) is 15.3. The first-order valence-corrected chi connectivity index (χ1v) is 8.16. The van der Waals surface area contributed by atoms with Crippen molar-refractivity contribution in [3.05, 3.63) is 0 Å². The van der Waals surface area contributed by atoms with Crippen LogP contribution in [0.25, 0.3) is 0 Å². The van der Waals surface area contributed by atoms with Gasteiger partial charge >= 0.3 is 11.9 Å². The third-order valence-electron chi connectivity index (χ3n) is 3.56. The Morgan fingerprint density at radius 1 is 0.852 bits per heavy atom. The number of aliphatic hydroxyl groups excluding tert-OH is 1. The fourth-order valence-corrected chi connectivity index (χ4v) is 1.87. The summed E-state index contributed by atoms with van der Waals surface area (Å²) in [7, 11) is 0. The molecular formula is C15H26N4O8. The van der Waals surface area contributed by atoms with Gasteiger partial charge < -0.3 is 37.0 Å². The Kier molecular flexibility index (Phi) is 9.96. The number of aliphatic hydroxyl groups is 1. The van der Waals surface area contributed by atoms with Crippen LogP contribution in [0.1, 0.15) is 33.6 Å². The van der Waals surface area contributed by atoms with E-state index in [2.05, 4.69) is 16.0 Å². The largest absolute Gasteiger partial charge is 0.481 e. The molecule has 0 rings (SSSR count). The molecule has 0 saturated carbocycles. The highest BCUT2D eigenvalue weighted by Gasteiger charge is 2.28. The van der Waals surface area contributed by atoms with Crippen molar-refractivity contribution in [1.82, 2.24) is 16.0 Å². The standard InChI is InChI=1S/C15H26N4O8/c1-6(18-14(25)9(16)4-5-10(21)22)12(23)17-7(2)13(24)19-11(8(3)20)15(26)27/h6-9,11,20H,4-5,16H2,1-3H3,(H,17,23)(H,18,25)(H,19,24)(H,21,22)(H,26,27). The molecule has 0 aromatic rings. The predicted octanol–water partition coefficient (Wildman–Crippen LogP) is -2.86. The topological polar surface area (TPSA) is 208 Å². The van der Waals surface area contributed by atoms with Crippen LogP contribution in [0.15, 0.2) is 0 Å². The lowest BCUT2D eigenvalue weighted by atomic mass is 10.1. The van der Waals surface area contributed by atoms with Crippen molar-refractivity contribution in [3.8, 4) is 0 Å². The van der Waals surface area contributed by atoms with Gasteiger partial charge in [-0.15, -0.1) is 0 Å². The van der Waals surface area contributed by atoms with Crippen LogP contribution in [0.4, 0.5) is 0 Å². The summed E-state index contributed by atoms with van der Waals surface area (Å²) in [4.78, 5) is 57.2. The third-order valence-corrected chi connectivity index (χ3v) is 3.56. The molecule has 154 valence electrons. The quantitative estimate of drug-likeness (QED) is 0.193. The van der Waals surface area contributed by atoms with Crippen molar-refractivity contribution in [3.63, 3.8) is 0 Å². The van der Waals surface area contributed by atoms with Crippen LogP contribution in [0.5, 0.6) is 0 Å². The third kappa shape index (κ3) is 8.96. The fourth-order valence-electron chi connectivity index (χ4n) is 1.87. The second-order valence-electron chi connectivity index (χ2n) is 6.06. The van der Waals surface area contributed by atoms with Crippen molar-refractivity contribution in [1.29, 1.82) is 0 Å². The van der Waals surface area contributed by atoms with Crippen LogP contribution in [0.3, 0.4) is 0 Å². The lowest BCUT2D eigenvalue weighted by molar-refractivity contribution is -0.145. The van der Waals surface area contributed by atoms with Gasteiger partial charge in [-0.2, -0.15) is 0 Å². The summed E-state index contributed by atoms with van der Waals surface area (Å²) in [6.45, 7) is 3.81. The van der Waals surface area contributed by atoms with Gasteiger partial charge in [0.2, 0.25) is 17.7 Å². The van der Waals surface area contributed by atoms with Crippen LogP contribution >= 0.6 is 0 Å². The molecular weight excluding hydrogens is 364 g/mol. The number of nitrogens with two attached hydrogens (primary N) is 1. The second kappa shape index (κ2) is 11.1. The minimum absolute atomic E-state index is 0.107. The molecule has 3 amide bonds. The molecule has 0 spiro atoms. The highest BCUT2D eigenvalue weighted by Crippen LogP contribution is 1.98. The van der Waals surface area contributed by atoms with Crippen molar-refractivity contribution >= 4 is 29.7 Å². The zero-order chi connectivity index (χ0) is 21.3. The van der Waals surface area contributed by atoms with E-state index >= 15 is 0 Å². The number of carbonyl (C=O) groups is 5. The van der Waals surface area contributed by atoms with Crippen molar-refractivity contribution < 1.29 is 39.3 Å². The number of carboxylic acids is 2. The zero-order valence-corrected chi connectivity index (χ0v) is 15.3. The van der Waals surface area contributed by atoms with E-state index in [-0.39, 0.29) is 12.8 Å². The Hall–Kier alpha value is -2.73. The first-order chi connectivity index (χ1) is 12.4. The van der Waals surface area contributed by atoms with Gasteiger partial charge in [0.05, 0.1) is 12.1 Å². The molecule has 8 N–H and O–H groups in total. The van der Waals surface area contributed by atoms with E-state index in [4.69, 9.17) is 15.9 Å². The Morgan fingerprint density at radius 3 is 1.70 bits per heavy atom. The van der Waals surface area contributed by atoms with E-state index in [9.17, 15) is 29.1 Å². The summed E-state index contributed by atoms with van der Waals surface area (Å²) in [6.07, 6.45) is -1.76. The number of hydrogen-bond acceptors (Lipinski definition) is 7. The Morgan fingerprint density at radius 2 is 1.30 bits per heavy atom. The smallest absolute Gasteiger partial charge is 0.328 e. The fraction of sp³-hybridized carbons (Fsp3) is 0.667. The number of carbonyl (C=O) groups excluding carboxylic acids is 3. The van der Waals surface area contributed by atoms with Gasteiger partial charge in [0.15, 0.2) is 6.04 Å². The van der Waals surface area contributed by atoms with E-state index in [1.807, 2.05) is 0 Å². The minimum atomic E-state index is -1.54. The Bertz CT molecular complexity index is 580. The molecule has 0 aliphatic heterocycles. The molecule has 5 atom stereocenters. The molecule has 5 unspecified atom stereocenters. The van der Waals surface area contributed by atoms with Gasteiger partial charge in [-0.1, -0.05) is 0 Å². The van der Waals surface area contributed by atoms with E-state index in [1.54, 1.807) is 0 Å². The maximum Gasteiger partial charge on any atom is 0.328 e. The number of amides is 3. The van der Waals surface area contributed by atoms with Gasteiger partial charge in [0.1, 0.15) is 12.1 Å². The lowest BCUT2D eigenvalue weighted by Gasteiger charge is -2.22. The lowest BCUT2D eigenvalue weighted by Crippen LogP contribution is -2.56. The van der Waals surface area contributed by atoms with Crippen LogP contribution in [0.2, 0.25) is 0 Å². The Labute approximate surface area is 155 Å². The van der Waals surface area contributed by atoms with Crippen LogP contribution < -0.4 is 21.7 Å². The number of hydrogen-bond donors (Lipinski definition) is 7. The SMILES string of the molecule is CC(NC(=O)C(N)CCC(=O)O)C(=O)NC(C)C(=O)NC(C(=O)O)C(C)O. The van der Waals surface area contributed by atoms with Crippen molar-refractivity contribution in [2.45, 2.75) is 63.9 Å². The van der Waals surface area contributed by atoms with Gasteiger partial charge in [0.25, 0.3) is 0 Å². The molecule has 0 bridgehead atoms. The van der Waals surface area contributed by atoms with Crippen molar-refractivity contribution in [2.24, 2.45) is 5.73 Å². The second-order valence-corrected chi connectivity index (χ2v) is 6.06.